The zero-order valence-electron chi connectivity index (χ0n) is 10.2. The summed E-state index contributed by atoms with van der Waals surface area (Å²) >= 11 is 0. The molecule has 1 unspecified atom stereocenters. The van der Waals surface area contributed by atoms with Gasteiger partial charge >= 0.3 is 5.97 Å². The summed E-state index contributed by atoms with van der Waals surface area (Å²) in [5, 5.41) is 14.9. The number of amides is 1. The molecule has 0 aromatic carbocycles. The molecule has 1 saturated heterocycles. The van der Waals surface area contributed by atoms with Crippen LogP contribution in [0.1, 0.15) is 34.7 Å². The maximum Gasteiger partial charge on any atom is 0.372 e. The molecule has 1 fully saturated rings. The Morgan fingerprint density at radius 2 is 2.44 bits per heavy atom. The molecular weight excluding hydrogens is 236 g/mol. The summed E-state index contributed by atoms with van der Waals surface area (Å²) in [7, 11) is 0. The lowest BCUT2D eigenvalue weighted by Gasteiger charge is -2.22. The Morgan fingerprint density at radius 1 is 1.67 bits per heavy atom. The number of carbonyl (C=O) groups excluding carboxylic acids is 1. The fourth-order valence-corrected chi connectivity index (χ4v) is 2.00. The molecule has 2 rings (SSSR count). The fraction of sp³-hybridized carbons (Fsp3) is 0.500. The zero-order chi connectivity index (χ0) is 13.1. The van der Waals surface area contributed by atoms with Crippen molar-refractivity contribution in [1.29, 1.82) is 0 Å². The van der Waals surface area contributed by atoms with Crippen molar-refractivity contribution in [2.24, 2.45) is 0 Å². The van der Waals surface area contributed by atoms with E-state index >= 15 is 0 Å². The van der Waals surface area contributed by atoms with Crippen LogP contribution >= 0.6 is 0 Å². The minimum absolute atomic E-state index is 0.0104. The van der Waals surface area contributed by atoms with Gasteiger partial charge in [0, 0.05) is 24.6 Å². The predicted octanol–water partition coefficient (Wildman–Crippen LogP) is 0.654. The van der Waals surface area contributed by atoms with Crippen molar-refractivity contribution in [3.63, 3.8) is 0 Å². The lowest BCUT2D eigenvalue weighted by Crippen LogP contribution is -2.45. The molecule has 1 aliphatic heterocycles. The standard InChI is InChI=1S/C12H16N2O4/c1-7-4-9(18-11(7)12(16)17)6-13-8-2-3-10(15)14-5-8/h4,8,13H,2-3,5-6H2,1H3,(H,14,15)(H,16,17). The number of hydrogen-bond donors (Lipinski definition) is 3. The van der Waals surface area contributed by atoms with Gasteiger partial charge in [-0.05, 0) is 19.4 Å². The average Bonchev–Trinajstić information content (AvgIpc) is 2.70. The summed E-state index contributed by atoms with van der Waals surface area (Å²) in [6.45, 7) is 2.77. The smallest absolute Gasteiger partial charge is 0.372 e. The topological polar surface area (TPSA) is 91.6 Å². The molecule has 1 aromatic heterocycles. The van der Waals surface area contributed by atoms with E-state index in [1.807, 2.05) is 0 Å². The van der Waals surface area contributed by atoms with Crippen molar-refractivity contribution < 1.29 is 19.1 Å². The highest BCUT2D eigenvalue weighted by Gasteiger charge is 2.19. The Labute approximate surface area is 104 Å². The molecule has 0 bridgehead atoms. The molecule has 1 amide bonds. The molecule has 6 nitrogen and oxygen atoms in total. The van der Waals surface area contributed by atoms with Gasteiger partial charge in [-0.15, -0.1) is 0 Å². The zero-order valence-corrected chi connectivity index (χ0v) is 10.2. The van der Waals surface area contributed by atoms with Gasteiger partial charge < -0.3 is 20.2 Å². The molecule has 2 heterocycles. The Morgan fingerprint density at radius 3 is 3.00 bits per heavy atom. The average molecular weight is 252 g/mol. The van der Waals surface area contributed by atoms with E-state index in [2.05, 4.69) is 10.6 Å². The summed E-state index contributed by atoms with van der Waals surface area (Å²) < 4.78 is 5.24. The van der Waals surface area contributed by atoms with Crippen LogP contribution < -0.4 is 10.6 Å². The number of aryl methyl sites for hydroxylation is 1. The Bertz CT molecular complexity index is 457. The number of furan rings is 1. The molecule has 98 valence electrons. The molecular formula is C12H16N2O4. The summed E-state index contributed by atoms with van der Waals surface area (Å²) in [4.78, 5) is 21.8. The van der Waals surface area contributed by atoms with E-state index in [0.717, 1.165) is 6.42 Å². The predicted molar refractivity (Wildman–Crippen MR) is 63.3 cm³/mol. The molecule has 1 aliphatic rings. The lowest BCUT2D eigenvalue weighted by atomic mass is 10.1. The van der Waals surface area contributed by atoms with Gasteiger partial charge in [-0.25, -0.2) is 4.79 Å². The van der Waals surface area contributed by atoms with E-state index in [1.165, 1.54) is 0 Å². The van der Waals surface area contributed by atoms with E-state index < -0.39 is 5.97 Å². The van der Waals surface area contributed by atoms with Crippen molar-refractivity contribution in [3.8, 4) is 0 Å². The second kappa shape index (κ2) is 5.22. The van der Waals surface area contributed by atoms with Crippen molar-refractivity contribution in [2.45, 2.75) is 32.4 Å². The van der Waals surface area contributed by atoms with Gasteiger partial charge in [-0.1, -0.05) is 0 Å². The second-order valence-electron chi connectivity index (χ2n) is 4.45. The molecule has 1 atom stereocenters. The summed E-state index contributed by atoms with van der Waals surface area (Å²) in [5.74, 6) is -0.385. The minimum atomic E-state index is -1.05. The number of piperidine rings is 1. The summed E-state index contributed by atoms with van der Waals surface area (Å²) in [6, 6.07) is 1.93. The Balaban J connectivity index is 1.88. The molecule has 18 heavy (non-hydrogen) atoms. The van der Waals surface area contributed by atoms with Crippen LogP contribution in [0.4, 0.5) is 0 Å². The van der Waals surface area contributed by atoms with E-state index in [9.17, 15) is 9.59 Å². The lowest BCUT2D eigenvalue weighted by molar-refractivity contribution is -0.122. The maximum absolute atomic E-state index is 11.0. The van der Waals surface area contributed by atoms with Crippen LogP contribution in [0.3, 0.4) is 0 Å². The number of carboxylic acid groups (broad SMARTS) is 1. The molecule has 6 heteroatoms. The molecule has 0 spiro atoms. The SMILES string of the molecule is Cc1cc(CNC2CCC(=O)NC2)oc1C(=O)O. The largest absolute Gasteiger partial charge is 0.475 e. The number of rotatable bonds is 4. The number of aromatic carboxylic acids is 1. The summed E-state index contributed by atoms with van der Waals surface area (Å²) in [6.07, 6.45) is 1.31. The maximum atomic E-state index is 11.0. The van der Waals surface area contributed by atoms with Gasteiger partial charge in [0.05, 0.1) is 6.54 Å². The van der Waals surface area contributed by atoms with Crippen LogP contribution in [0, 0.1) is 6.92 Å². The van der Waals surface area contributed by atoms with Gasteiger partial charge in [0.1, 0.15) is 5.76 Å². The van der Waals surface area contributed by atoms with E-state index in [-0.39, 0.29) is 17.7 Å². The summed E-state index contributed by atoms with van der Waals surface area (Å²) in [5.41, 5.74) is 0.622. The normalized spacial score (nSPS) is 19.6. The minimum Gasteiger partial charge on any atom is -0.475 e. The second-order valence-corrected chi connectivity index (χ2v) is 4.45. The van der Waals surface area contributed by atoms with Gasteiger partial charge in [0.2, 0.25) is 11.7 Å². The van der Waals surface area contributed by atoms with Gasteiger partial charge in [0.15, 0.2) is 0 Å². The van der Waals surface area contributed by atoms with Crippen LogP contribution in [0.15, 0.2) is 10.5 Å². The Hall–Kier alpha value is -1.82. The number of carboxylic acids is 1. The third-order valence-electron chi connectivity index (χ3n) is 2.99. The quantitative estimate of drug-likeness (QED) is 0.732. The first-order chi connectivity index (χ1) is 8.56. The molecule has 1 aromatic rings. The first kappa shape index (κ1) is 12.6. The van der Waals surface area contributed by atoms with E-state index in [4.69, 9.17) is 9.52 Å². The molecule has 0 aliphatic carbocycles. The van der Waals surface area contributed by atoms with Crippen LogP contribution in [-0.4, -0.2) is 29.6 Å². The van der Waals surface area contributed by atoms with E-state index in [0.29, 0.717) is 30.8 Å². The third-order valence-corrected chi connectivity index (χ3v) is 2.99. The van der Waals surface area contributed by atoms with Crippen LogP contribution in [0.25, 0.3) is 0 Å². The van der Waals surface area contributed by atoms with Crippen LogP contribution in [-0.2, 0) is 11.3 Å². The highest BCUT2D eigenvalue weighted by molar-refractivity contribution is 5.86. The number of hydrogen-bond acceptors (Lipinski definition) is 4. The molecule has 3 N–H and O–H groups in total. The van der Waals surface area contributed by atoms with Gasteiger partial charge in [0.25, 0.3) is 0 Å². The van der Waals surface area contributed by atoms with Crippen molar-refractivity contribution in [2.75, 3.05) is 6.54 Å². The number of nitrogens with one attached hydrogen (secondary N) is 2. The third kappa shape index (κ3) is 2.89. The van der Waals surface area contributed by atoms with Crippen LogP contribution in [0.2, 0.25) is 0 Å². The van der Waals surface area contributed by atoms with Crippen LogP contribution in [0.5, 0.6) is 0 Å². The van der Waals surface area contributed by atoms with Crippen molar-refractivity contribution >= 4 is 11.9 Å². The first-order valence-electron chi connectivity index (χ1n) is 5.89. The monoisotopic (exact) mass is 252 g/mol. The van der Waals surface area contributed by atoms with Gasteiger partial charge in [-0.2, -0.15) is 0 Å². The molecule has 0 saturated carbocycles. The van der Waals surface area contributed by atoms with Crippen molar-refractivity contribution in [3.05, 3.63) is 23.2 Å². The van der Waals surface area contributed by atoms with Gasteiger partial charge in [-0.3, -0.25) is 4.79 Å². The number of carbonyl (C=O) groups is 2. The Kier molecular flexibility index (Phi) is 3.66. The highest BCUT2D eigenvalue weighted by atomic mass is 16.4. The highest BCUT2D eigenvalue weighted by Crippen LogP contribution is 2.15. The fourth-order valence-electron chi connectivity index (χ4n) is 2.00. The first-order valence-corrected chi connectivity index (χ1v) is 5.89. The van der Waals surface area contributed by atoms with Crippen molar-refractivity contribution in [1.82, 2.24) is 10.6 Å². The molecule has 0 radical (unpaired) electrons. The van der Waals surface area contributed by atoms with E-state index in [1.54, 1.807) is 13.0 Å².